The summed E-state index contributed by atoms with van der Waals surface area (Å²) < 4.78 is 29.7. The summed E-state index contributed by atoms with van der Waals surface area (Å²) >= 11 is 0. The van der Waals surface area contributed by atoms with Crippen LogP contribution < -0.4 is 4.57 Å². The van der Waals surface area contributed by atoms with Crippen LogP contribution in [0.4, 0.5) is 0 Å². The summed E-state index contributed by atoms with van der Waals surface area (Å²) in [5.74, 6) is 0.685. The average Bonchev–Trinajstić information content (AvgIpc) is 3.15. The second kappa shape index (κ2) is 3.49. The fraction of sp³-hybridized carbons (Fsp3) is 0.188. The molecule has 4 aromatic rings. The molecule has 1 aliphatic rings. The van der Waals surface area contributed by atoms with E-state index < -0.39 is 6.98 Å². The standard InChI is InChI=1S/C16H14N5/c1-19-13-4-6-18-8-12(13)14-16(19)20(2)15-11-7-17-5-3-10(11)9-21(14)15/h3-8H,9H2,1-2H3/q+1/i2D3. The third kappa shape index (κ3) is 1.15. The Hall–Kier alpha value is -2.69. The van der Waals surface area contributed by atoms with Gasteiger partial charge in [-0.15, -0.1) is 0 Å². The van der Waals surface area contributed by atoms with Gasteiger partial charge in [0.2, 0.25) is 5.82 Å². The van der Waals surface area contributed by atoms with Gasteiger partial charge in [0.1, 0.15) is 5.52 Å². The van der Waals surface area contributed by atoms with E-state index in [0.717, 1.165) is 27.5 Å². The molecular formula is C16H14N5+. The Balaban J connectivity index is 2.05. The van der Waals surface area contributed by atoms with E-state index in [9.17, 15) is 0 Å². The molecule has 5 heterocycles. The number of hydrogen-bond donors (Lipinski definition) is 0. The molecule has 0 atom stereocenters. The molecule has 0 amide bonds. The number of hydrogen-bond acceptors (Lipinski definition) is 2. The Labute approximate surface area is 125 Å². The Morgan fingerprint density at radius 3 is 3.00 bits per heavy atom. The summed E-state index contributed by atoms with van der Waals surface area (Å²) in [5, 5.41) is 0.958. The Kier molecular flexibility index (Phi) is 1.42. The summed E-state index contributed by atoms with van der Waals surface area (Å²) in [4.78, 5) is 8.42. The maximum absolute atomic E-state index is 8.09. The number of imidazole rings is 1. The first-order valence-electron chi connectivity index (χ1n) is 8.29. The van der Waals surface area contributed by atoms with Crippen LogP contribution in [0.5, 0.6) is 0 Å². The van der Waals surface area contributed by atoms with E-state index in [0.29, 0.717) is 18.0 Å². The first-order valence-corrected chi connectivity index (χ1v) is 6.79. The normalized spacial score (nSPS) is 15.8. The minimum atomic E-state index is -2.29. The van der Waals surface area contributed by atoms with Gasteiger partial charge in [-0.25, -0.2) is 9.13 Å². The van der Waals surface area contributed by atoms with Crippen molar-refractivity contribution < 1.29 is 8.68 Å². The van der Waals surface area contributed by atoms with E-state index in [-0.39, 0.29) is 0 Å². The van der Waals surface area contributed by atoms with Gasteiger partial charge in [0.05, 0.1) is 35.6 Å². The van der Waals surface area contributed by atoms with Gasteiger partial charge in [-0.05, 0) is 12.1 Å². The molecule has 0 saturated carbocycles. The van der Waals surface area contributed by atoms with Gasteiger partial charge in [-0.2, -0.15) is 0 Å². The molecule has 0 spiro atoms. The largest absolute Gasteiger partial charge is 0.269 e. The molecule has 0 aromatic carbocycles. The lowest BCUT2D eigenvalue weighted by atomic mass is 10.2. The smallest absolute Gasteiger partial charge is 0.264 e. The second-order valence-corrected chi connectivity index (χ2v) is 5.40. The van der Waals surface area contributed by atoms with Crippen molar-refractivity contribution in [2.45, 2.75) is 6.54 Å². The van der Waals surface area contributed by atoms with Crippen LogP contribution in [0.2, 0.25) is 0 Å². The van der Waals surface area contributed by atoms with Gasteiger partial charge in [0.25, 0.3) is 5.65 Å². The van der Waals surface area contributed by atoms with Crippen LogP contribution in [0, 0.1) is 0 Å². The van der Waals surface area contributed by atoms with Crippen LogP contribution in [0.1, 0.15) is 9.68 Å². The van der Waals surface area contributed by atoms with E-state index in [4.69, 9.17) is 4.11 Å². The highest BCUT2D eigenvalue weighted by Gasteiger charge is 2.34. The summed E-state index contributed by atoms with van der Waals surface area (Å²) in [6.07, 6.45) is 7.02. The van der Waals surface area contributed by atoms with Crippen molar-refractivity contribution in [2.75, 3.05) is 0 Å². The first kappa shape index (κ1) is 8.56. The SMILES string of the molecule is [2H]C([2H])([2H])[n+]1c2n(c3c4cnccc4n(C)c31)Cc1ccncc1-2. The number of rotatable bonds is 0. The molecule has 5 rings (SSSR count). The molecule has 21 heavy (non-hydrogen) atoms. The molecule has 0 N–H and O–H groups in total. The van der Waals surface area contributed by atoms with Gasteiger partial charge >= 0.3 is 0 Å². The molecule has 1 aliphatic heterocycles. The lowest BCUT2D eigenvalue weighted by Gasteiger charge is -1.98. The predicted molar refractivity (Wildman–Crippen MR) is 79.7 cm³/mol. The second-order valence-electron chi connectivity index (χ2n) is 5.40. The Morgan fingerprint density at radius 2 is 2.10 bits per heavy atom. The van der Waals surface area contributed by atoms with Crippen molar-refractivity contribution in [3.8, 4) is 11.4 Å². The summed E-state index contributed by atoms with van der Waals surface area (Å²) in [6, 6.07) is 3.86. The fourth-order valence-corrected chi connectivity index (χ4v) is 3.46. The van der Waals surface area contributed by atoms with Crippen molar-refractivity contribution in [3.05, 3.63) is 42.5 Å². The first-order chi connectivity index (χ1) is 11.5. The molecule has 0 fully saturated rings. The topological polar surface area (TPSA) is 39.5 Å². The zero-order valence-electron chi connectivity index (χ0n) is 14.4. The van der Waals surface area contributed by atoms with Crippen molar-refractivity contribution >= 4 is 22.1 Å². The number of fused-ring (bicyclic) bond motifs is 7. The molecule has 4 aromatic heterocycles. The lowest BCUT2D eigenvalue weighted by molar-refractivity contribution is -0.636. The van der Waals surface area contributed by atoms with Crippen molar-refractivity contribution in [1.29, 1.82) is 0 Å². The summed E-state index contributed by atoms with van der Waals surface area (Å²) in [5.41, 5.74) is 4.52. The van der Waals surface area contributed by atoms with Crippen LogP contribution in [-0.4, -0.2) is 19.1 Å². The molecule has 5 heteroatoms. The van der Waals surface area contributed by atoms with E-state index in [2.05, 4.69) is 14.5 Å². The summed E-state index contributed by atoms with van der Waals surface area (Å²) in [6.45, 7) is -1.65. The van der Waals surface area contributed by atoms with Crippen molar-refractivity contribution in [1.82, 2.24) is 19.1 Å². The molecular weight excluding hydrogens is 262 g/mol. The molecule has 0 bridgehead atoms. The van der Waals surface area contributed by atoms with E-state index in [1.165, 1.54) is 4.57 Å². The Morgan fingerprint density at radius 1 is 1.24 bits per heavy atom. The third-order valence-electron chi connectivity index (χ3n) is 4.37. The highest BCUT2D eigenvalue weighted by Crippen LogP contribution is 2.36. The maximum Gasteiger partial charge on any atom is 0.269 e. The van der Waals surface area contributed by atoms with Crippen LogP contribution in [0.25, 0.3) is 33.5 Å². The number of aromatic nitrogens is 5. The van der Waals surface area contributed by atoms with Gasteiger partial charge < -0.3 is 0 Å². The maximum atomic E-state index is 8.09. The molecule has 5 nitrogen and oxygen atoms in total. The van der Waals surface area contributed by atoms with Crippen LogP contribution in [0.15, 0.2) is 36.9 Å². The number of nitrogens with zero attached hydrogens (tertiary/aromatic N) is 5. The van der Waals surface area contributed by atoms with Crippen LogP contribution >= 0.6 is 0 Å². The fourth-order valence-electron chi connectivity index (χ4n) is 3.46. The minimum absolute atomic E-state index is 0.640. The highest BCUT2D eigenvalue weighted by atomic mass is 15.2. The van der Waals surface area contributed by atoms with Crippen molar-refractivity contribution in [2.24, 2.45) is 14.0 Å². The average molecular weight is 279 g/mol. The summed E-state index contributed by atoms with van der Waals surface area (Å²) in [7, 11) is 1.90. The predicted octanol–water partition coefficient (Wildman–Crippen LogP) is 1.78. The Bertz CT molecular complexity index is 1140. The highest BCUT2D eigenvalue weighted by molar-refractivity contribution is 6.04. The zero-order chi connectivity index (χ0) is 16.6. The monoisotopic (exact) mass is 279 g/mol. The van der Waals surface area contributed by atoms with Gasteiger partial charge in [-0.1, -0.05) is 0 Å². The minimum Gasteiger partial charge on any atom is -0.264 e. The quantitative estimate of drug-likeness (QED) is 0.405. The van der Waals surface area contributed by atoms with Gasteiger partial charge in [0.15, 0.2) is 5.52 Å². The van der Waals surface area contributed by atoms with Gasteiger partial charge in [-0.3, -0.25) is 14.5 Å². The zero-order valence-corrected chi connectivity index (χ0v) is 11.4. The van der Waals surface area contributed by atoms with E-state index >= 15 is 0 Å². The third-order valence-corrected chi connectivity index (χ3v) is 4.37. The van der Waals surface area contributed by atoms with Crippen LogP contribution in [0.3, 0.4) is 0 Å². The number of aryl methyl sites for hydroxylation is 2. The van der Waals surface area contributed by atoms with Crippen molar-refractivity contribution in [3.63, 3.8) is 0 Å². The molecule has 0 unspecified atom stereocenters. The van der Waals surface area contributed by atoms with E-state index in [1.807, 2.05) is 23.7 Å². The number of pyridine rings is 2. The molecule has 0 radical (unpaired) electrons. The molecule has 0 saturated heterocycles. The molecule has 0 aliphatic carbocycles. The van der Waals surface area contributed by atoms with E-state index in [1.54, 1.807) is 24.8 Å². The van der Waals surface area contributed by atoms with Crippen LogP contribution in [-0.2, 0) is 20.6 Å². The molecule has 102 valence electrons. The van der Waals surface area contributed by atoms with Gasteiger partial charge in [0, 0.05) is 30.4 Å². The lowest BCUT2D eigenvalue weighted by Crippen LogP contribution is -2.31.